The number of piperazine rings is 1. The van der Waals surface area contributed by atoms with Crippen molar-refractivity contribution in [3.63, 3.8) is 0 Å². The SMILES string of the molecule is O=C1CN(C(=O)C[NH+]2CCN(c3ncccn3)CC2)c2ccccc2N1. The highest BCUT2D eigenvalue weighted by molar-refractivity contribution is 6.10. The van der Waals surface area contributed by atoms with Crippen molar-refractivity contribution in [3.8, 4) is 0 Å². The van der Waals surface area contributed by atoms with Crippen molar-refractivity contribution in [2.45, 2.75) is 0 Å². The molecule has 1 saturated heterocycles. The molecular formula is C18H21N6O2+. The lowest BCUT2D eigenvalue weighted by Crippen LogP contribution is -3.16. The summed E-state index contributed by atoms with van der Waals surface area (Å²) in [4.78, 5) is 38.2. The van der Waals surface area contributed by atoms with E-state index in [0.717, 1.165) is 37.8 Å². The predicted octanol–water partition coefficient (Wildman–Crippen LogP) is -0.833. The maximum atomic E-state index is 12.8. The summed E-state index contributed by atoms with van der Waals surface area (Å²) in [5, 5.41) is 2.81. The Morgan fingerprint density at radius 3 is 2.62 bits per heavy atom. The molecule has 1 fully saturated rings. The fourth-order valence-electron chi connectivity index (χ4n) is 3.42. The lowest BCUT2D eigenvalue weighted by Gasteiger charge is -2.34. The van der Waals surface area contributed by atoms with Crippen molar-refractivity contribution in [2.24, 2.45) is 0 Å². The van der Waals surface area contributed by atoms with Gasteiger partial charge in [0.25, 0.3) is 5.91 Å². The van der Waals surface area contributed by atoms with E-state index in [1.807, 2.05) is 24.3 Å². The second kappa shape index (κ2) is 7.09. The number of carbonyl (C=O) groups is 2. The molecule has 1 aromatic heterocycles. The van der Waals surface area contributed by atoms with Gasteiger partial charge >= 0.3 is 0 Å². The van der Waals surface area contributed by atoms with Crippen molar-refractivity contribution < 1.29 is 14.5 Å². The maximum absolute atomic E-state index is 12.8. The molecule has 0 atom stereocenters. The number of rotatable bonds is 3. The van der Waals surface area contributed by atoms with Crippen LogP contribution in [0.2, 0.25) is 0 Å². The molecule has 2 aliphatic rings. The van der Waals surface area contributed by atoms with Crippen molar-refractivity contribution in [3.05, 3.63) is 42.7 Å². The average Bonchev–Trinajstić information content (AvgIpc) is 2.68. The Balaban J connectivity index is 1.38. The van der Waals surface area contributed by atoms with Crippen LogP contribution in [0.25, 0.3) is 0 Å². The molecule has 0 unspecified atom stereocenters. The van der Waals surface area contributed by atoms with Crippen molar-refractivity contribution in [2.75, 3.05) is 54.4 Å². The zero-order chi connectivity index (χ0) is 17.9. The third kappa shape index (κ3) is 3.36. The number of aromatic nitrogens is 2. The van der Waals surface area contributed by atoms with E-state index in [0.29, 0.717) is 12.2 Å². The summed E-state index contributed by atoms with van der Waals surface area (Å²) in [5.74, 6) is 0.560. The second-order valence-electron chi connectivity index (χ2n) is 6.51. The van der Waals surface area contributed by atoms with Crippen LogP contribution in [0.3, 0.4) is 0 Å². The number of nitrogens with zero attached hydrogens (tertiary/aromatic N) is 4. The Morgan fingerprint density at radius 2 is 1.85 bits per heavy atom. The molecule has 2 aromatic rings. The van der Waals surface area contributed by atoms with Gasteiger partial charge in [-0.15, -0.1) is 0 Å². The molecule has 0 aliphatic carbocycles. The van der Waals surface area contributed by atoms with Gasteiger partial charge < -0.3 is 15.1 Å². The van der Waals surface area contributed by atoms with E-state index < -0.39 is 0 Å². The first-order valence-electron chi connectivity index (χ1n) is 8.75. The van der Waals surface area contributed by atoms with E-state index in [1.54, 1.807) is 23.4 Å². The minimum Gasteiger partial charge on any atom is -0.330 e. The van der Waals surface area contributed by atoms with Gasteiger partial charge in [-0.2, -0.15) is 0 Å². The van der Waals surface area contributed by atoms with Crippen LogP contribution >= 0.6 is 0 Å². The molecule has 26 heavy (non-hydrogen) atoms. The molecule has 0 radical (unpaired) electrons. The first-order chi connectivity index (χ1) is 12.7. The van der Waals surface area contributed by atoms with Crippen molar-refractivity contribution in [1.82, 2.24) is 9.97 Å². The van der Waals surface area contributed by atoms with Gasteiger partial charge in [-0.1, -0.05) is 12.1 Å². The van der Waals surface area contributed by atoms with Crippen LogP contribution in [0.5, 0.6) is 0 Å². The van der Waals surface area contributed by atoms with Crippen LogP contribution in [0.1, 0.15) is 0 Å². The third-order valence-electron chi connectivity index (χ3n) is 4.78. The zero-order valence-corrected chi connectivity index (χ0v) is 14.4. The molecule has 0 bridgehead atoms. The minimum absolute atomic E-state index is 0.0216. The molecule has 4 rings (SSSR count). The number of para-hydroxylation sites is 2. The van der Waals surface area contributed by atoms with Crippen LogP contribution < -0.4 is 20.0 Å². The van der Waals surface area contributed by atoms with E-state index >= 15 is 0 Å². The van der Waals surface area contributed by atoms with Gasteiger partial charge in [0.15, 0.2) is 6.54 Å². The van der Waals surface area contributed by atoms with Gasteiger partial charge in [0.05, 0.1) is 37.6 Å². The van der Waals surface area contributed by atoms with Crippen molar-refractivity contribution >= 4 is 29.1 Å². The minimum atomic E-state index is -0.155. The molecule has 0 saturated carbocycles. The molecule has 8 heteroatoms. The monoisotopic (exact) mass is 353 g/mol. The fraction of sp³-hybridized carbons (Fsp3) is 0.333. The molecule has 2 N–H and O–H groups in total. The highest BCUT2D eigenvalue weighted by atomic mass is 16.2. The third-order valence-corrected chi connectivity index (χ3v) is 4.78. The number of carbonyl (C=O) groups excluding carboxylic acids is 2. The van der Waals surface area contributed by atoms with E-state index in [4.69, 9.17) is 0 Å². The summed E-state index contributed by atoms with van der Waals surface area (Å²) >= 11 is 0. The number of hydrogen-bond donors (Lipinski definition) is 2. The van der Waals surface area contributed by atoms with Crippen molar-refractivity contribution in [1.29, 1.82) is 0 Å². The number of anilines is 3. The number of fused-ring (bicyclic) bond motifs is 1. The van der Waals surface area contributed by atoms with Gasteiger partial charge in [0.1, 0.15) is 6.54 Å². The van der Waals surface area contributed by atoms with Gasteiger partial charge in [-0.3, -0.25) is 14.5 Å². The maximum Gasteiger partial charge on any atom is 0.282 e. The van der Waals surface area contributed by atoms with E-state index in [9.17, 15) is 9.59 Å². The number of amides is 2. The Bertz CT molecular complexity index is 804. The van der Waals surface area contributed by atoms with Gasteiger partial charge in [0, 0.05) is 12.4 Å². The molecular weight excluding hydrogens is 332 g/mol. The molecule has 0 spiro atoms. The Hall–Kier alpha value is -3.00. The van der Waals surface area contributed by atoms with Crippen LogP contribution in [0, 0.1) is 0 Å². The normalized spacial score (nSPS) is 17.6. The summed E-state index contributed by atoms with van der Waals surface area (Å²) in [7, 11) is 0. The fourth-order valence-corrected chi connectivity index (χ4v) is 3.42. The molecule has 1 aromatic carbocycles. The largest absolute Gasteiger partial charge is 0.330 e. The van der Waals surface area contributed by atoms with Crippen LogP contribution in [0.4, 0.5) is 17.3 Å². The molecule has 134 valence electrons. The summed E-state index contributed by atoms with van der Waals surface area (Å²) in [5.41, 5.74) is 1.46. The number of quaternary nitrogens is 1. The quantitative estimate of drug-likeness (QED) is 0.752. The van der Waals surface area contributed by atoms with Gasteiger partial charge in [-0.05, 0) is 18.2 Å². The molecule has 8 nitrogen and oxygen atoms in total. The van der Waals surface area contributed by atoms with Gasteiger partial charge in [-0.25, -0.2) is 9.97 Å². The van der Waals surface area contributed by atoms with E-state index in [1.165, 1.54) is 4.90 Å². The topological polar surface area (TPSA) is 82.9 Å². The summed E-state index contributed by atoms with van der Waals surface area (Å²) in [6, 6.07) is 9.21. The highest BCUT2D eigenvalue weighted by Crippen LogP contribution is 2.28. The predicted molar refractivity (Wildman–Crippen MR) is 97.2 cm³/mol. The summed E-state index contributed by atoms with van der Waals surface area (Å²) in [6.07, 6.45) is 3.48. The highest BCUT2D eigenvalue weighted by Gasteiger charge is 2.30. The Morgan fingerprint density at radius 1 is 1.12 bits per heavy atom. The Labute approximate surface area is 151 Å². The summed E-state index contributed by atoms with van der Waals surface area (Å²) < 4.78 is 0. The van der Waals surface area contributed by atoms with Crippen LogP contribution in [-0.4, -0.2) is 61.1 Å². The first kappa shape index (κ1) is 16.5. The number of benzene rings is 1. The summed E-state index contributed by atoms with van der Waals surface area (Å²) in [6.45, 7) is 3.75. The second-order valence-corrected chi connectivity index (χ2v) is 6.51. The lowest BCUT2D eigenvalue weighted by molar-refractivity contribution is -0.892. The standard InChI is InChI=1S/C18H20N6O2/c25-16-12-24(15-5-2-1-4-14(15)21-16)17(26)13-22-8-10-23(11-9-22)18-19-6-3-7-20-18/h1-7H,8-13H2,(H,21,25)/p+1. The molecule has 2 amide bonds. The van der Waals surface area contributed by atoms with E-state index in [-0.39, 0.29) is 18.4 Å². The van der Waals surface area contributed by atoms with Gasteiger partial charge in [0.2, 0.25) is 11.9 Å². The average molecular weight is 353 g/mol. The first-order valence-corrected chi connectivity index (χ1v) is 8.75. The van der Waals surface area contributed by atoms with E-state index in [2.05, 4.69) is 20.2 Å². The molecule has 2 aliphatic heterocycles. The Kier molecular flexibility index (Phi) is 4.49. The zero-order valence-electron chi connectivity index (χ0n) is 14.4. The smallest absolute Gasteiger partial charge is 0.282 e. The number of nitrogens with one attached hydrogen (secondary N) is 2. The lowest BCUT2D eigenvalue weighted by atomic mass is 10.2. The number of hydrogen-bond acceptors (Lipinski definition) is 5. The molecule has 3 heterocycles. The van der Waals surface area contributed by atoms with Crippen LogP contribution in [0.15, 0.2) is 42.7 Å². The van der Waals surface area contributed by atoms with Crippen LogP contribution in [-0.2, 0) is 9.59 Å².